The normalized spacial score (nSPS) is 13.1. The van der Waals surface area contributed by atoms with Crippen LogP contribution in [0.4, 0.5) is 17.1 Å². The first-order chi connectivity index (χ1) is 23.9. The predicted octanol–water partition coefficient (Wildman–Crippen LogP) is 11.4. The van der Waals surface area contributed by atoms with E-state index in [4.69, 9.17) is 18.7 Å². The van der Waals surface area contributed by atoms with Crippen LogP contribution < -0.4 is 4.90 Å². The third kappa shape index (κ3) is 4.59. The molecule has 2 heterocycles. The van der Waals surface area contributed by atoms with Crippen molar-refractivity contribution in [1.29, 1.82) is 0 Å². The third-order valence-electron chi connectivity index (χ3n) is 10.1. The third-order valence-corrected chi connectivity index (χ3v) is 10.6. The summed E-state index contributed by atoms with van der Waals surface area (Å²) in [5.41, 5.74) is 17.7. The van der Waals surface area contributed by atoms with Gasteiger partial charge >= 0.3 is 0 Å². The number of hydrogen-bond donors (Lipinski definition) is 0. The van der Waals surface area contributed by atoms with Crippen molar-refractivity contribution in [3.63, 3.8) is 0 Å². The Bertz CT molecular complexity index is 2500. The topological polar surface area (TPSA) is 54.8 Å². The number of rotatable bonds is 5. The van der Waals surface area contributed by atoms with Gasteiger partial charge in [0.05, 0.1) is 34.1 Å². The summed E-state index contributed by atoms with van der Waals surface area (Å²) in [6.07, 6.45) is 0. The Balaban J connectivity index is 1.24. The number of para-hydroxylation sites is 2. The van der Waals surface area contributed by atoms with Crippen LogP contribution >= 0.6 is 11.7 Å². The van der Waals surface area contributed by atoms with Crippen LogP contribution in [0.2, 0.25) is 0 Å². The van der Waals surface area contributed by atoms with E-state index in [1.165, 1.54) is 34.0 Å². The quantitative estimate of drug-likeness (QED) is 0.185. The zero-order valence-electron chi connectivity index (χ0n) is 27.8. The molecule has 0 amide bonds. The second kappa shape index (κ2) is 11.2. The summed E-state index contributed by atoms with van der Waals surface area (Å²) in [6.45, 7) is 8.70. The van der Waals surface area contributed by atoms with Crippen LogP contribution in [0.25, 0.3) is 55.4 Å². The number of nitrogens with zero attached hydrogens (tertiary/aromatic N) is 5. The van der Waals surface area contributed by atoms with Crippen molar-refractivity contribution in [2.75, 3.05) is 4.90 Å². The molecule has 0 fully saturated rings. The van der Waals surface area contributed by atoms with Crippen molar-refractivity contribution in [1.82, 2.24) is 18.7 Å². The highest BCUT2D eigenvalue weighted by Crippen LogP contribution is 2.51. The van der Waals surface area contributed by atoms with E-state index in [1.807, 2.05) is 26.0 Å². The summed E-state index contributed by atoms with van der Waals surface area (Å²) in [7, 11) is 0. The minimum absolute atomic E-state index is 0.121. The SMILES string of the molecule is Cc1nc2c(-c3ccc(N(c4ccccc4)c4ccccc4)cc3)c3nsnc3c(-c3ccc4c(c3)C(C)(C)c3ccccc3-4)c2nc1C. The largest absolute Gasteiger partial charge is 0.311 e. The molecule has 0 spiro atoms. The number of aromatic nitrogens is 4. The maximum atomic E-state index is 5.23. The molecule has 0 saturated carbocycles. The van der Waals surface area contributed by atoms with Gasteiger partial charge in [0.1, 0.15) is 11.0 Å². The average molecular weight is 652 g/mol. The first kappa shape index (κ1) is 29.4. The van der Waals surface area contributed by atoms with E-state index in [1.54, 1.807) is 0 Å². The fourth-order valence-electron chi connectivity index (χ4n) is 7.48. The lowest BCUT2D eigenvalue weighted by Gasteiger charge is -2.25. The first-order valence-corrected chi connectivity index (χ1v) is 17.3. The van der Waals surface area contributed by atoms with E-state index in [-0.39, 0.29) is 5.41 Å². The molecule has 0 radical (unpaired) electrons. The predicted molar refractivity (Wildman–Crippen MR) is 203 cm³/mol. The molecular formula is C43H33N5S. The zero-order chi connectivity index (χ0) is 33.3. The minimum atomic E-state index is -0.121. The molecule has 1 aliphatic carbocycles. The molecule has 1 aliphatic rings. The monoisotopic (exact) mass is 651 g/mol. The van der Waals surface area contributed by atoms with Gasteiger partial charge in [-0.3, -0.25) is 0 Å². The molecular weight excluding hydrogens is 619 g/mol. The van der Waals surface area contributed by atoms with Crippen LogP contribution in [0.15, 0.2) is 127 Å². The Morgan fingerprint density at radius 1 is 0.490 bits per heavy atom. The van der Waals surface area contributed by atoms with Crippen LogP contribution in [0.5, 0.6) is 0 Å². The van der Waals surface area contributed by atoms with Gasteiger partial charge in [-0.25, -0.2) is 9.97 Å². The van der Waals surface area contributed by atoms with Gasteiger partial charge < -0.3 is 4.90 Å². The Morgan fingerprint density at radius 2 is 0.980 bits per heavy atom. The second-order valence-electron chi connectivity index (χ2n) is 13.3. The molecule has 6 heteroatoms. The van der Waals surface area contributed by atoms with Gasteiger partial charge in [0.25, 0.3) is 0 Å². The van der Waals surface area contributed by atoms with Crippen molar-refractivity contribution in [3.8, 4) is 33.4 Å². The van der Waals surface area contributed by atoms with Crippen LogP contribution in [0, 0.1) is 13.8 Å². The molecule has 0 atom stereocenters. The highest BCUT2D eigenvalue weighted by atomic mass is 32.1. The van der Waals surface area contributed by atoms with Crippen molar-refractivity contribution in [3.05, 3.63) is 150 Å². The average Bonchev–Trinajstić information content (AvgIpc) is 3.70. The molecule has 9 rings (SSSR count). The maximum absolute atomic E-state index is 5.23. The molecule has 0 N–H and O–H groups in total. The van der Waals surface area contributed by atoms with Crippen molar-refractivity contribution in [2.45, 2.75) is 33.1 Å². The number of anilines is 3. The smallest absolute Gasteiger partial charge is 0.115 e. The summed E-state index contributed by atoms with van der Waals surface area (Å²) >= 11 is 1.24. The van der Waals surface area contributed by atoms with Crippen LogP contribution in [0.1, 0.15) is 36.4 Å². The summed E-state index contributed by atoms with van der Waals surface area (Å²) in [5, 5.41) is 0. The number of fused-ring (bicyclic) bond motifs is 5. The molecule has 6 aromatic carbocycles. The number of benzene rings is 6. The molecule has 0 unspecified atom stereocenters. The van der Waals surface area contributed by atoms with Gasteiger partial charge in [-0.15, -0.1) is 0 Å². The van der Waals surface area contributed by atoms with Gasteiger partial charge in [-0.2, -0.15) is 8.75 Å². The fourth-order valence-corrected chi connectivity index (χ4v) is 8.04. The number of hydrogen-bond acceptors (Lipinski definition) is 6. The zero-order valence-corrected chi connectivity index (χ0v) is 28.6. The lowest BCUT2D eigenvalue weighted by Crippen LogP contribution is -2.14. The maximum Gasteiger partial charge on any atom is 0.115 e. The first-order valence-electron chi connectivity index (χ1n) is 16.6. The van der Waals surface area contributed by atoms with E-state index in [0.29, 0.717) is 0 Å². The van der Waals surface area contributed by atoms with Gasteiger partial charge in [0.2, 0.25) is 0 Å². The fraction of sp³-hybridized carbons (Fsp3) is 0.116. The van der Waals surface area contributed by atoms with Crippen LogP contribution in [-0.2, 0) is 5.41 Å². The van der Waals surface area contributed by atoms with Crippen molar-refractivity contribution < 1.29 is 0 Å². The molecule has 49 heavy (non-hydrogen) atoms. The highest BCUT2D eigenvalue weighted by Gasteiger charge is 2.35. The van der Waals surface area contributed by atoms with Crippen LogP contribution in [0.3, 0.4) is 0 Å². The minimum Gasteiger partial charge on any atom is -0.311 e. The summed E-state index contributed by atoms with van der Waals surface area (Å²) in [6, 6.07) is 45.2. The Labute approximate surface area is 289 Å². The Kier molecular flexibility index (Phi) is 6.71. The van der Waals surface area contributed by atoms with Gasteiger partial charge in [0.15, 0.2) is 0 Å². The van der Waals surface area contributed by atoms with Gasteiger partial charge in [0, 0.05) is 33.6 Å². The summed E-state index contributed by atoms with van der Waals surface area (Å²) in [4.78, 5) is 12.7. The van der Waals surface area contributed by atoms with Gasteiger partial charge in [-0.1, -0.05) is 98.8 Å². The summed E-state index contributed by atoms with van der Waals surface area (Å²) in [5.74, 6) is 0. The van der Waals surface area contributed by atoms with Gasteiger partial charge in [-0.05, 0) is 89.7 Å². The lowest BCUT2D eigenvalue weighted by molar-refractivity contribution is 0.660. The molecule has 236 valence electrons. The Hall–Kier alpha value is -5.72. The lowest BCUT2D eigenvalue weighted by atomic mass is 9.81. The van der Waals surface area contributed by atoms with Crippen LogP contribution in [-0.4, -0.2) is 18.7 Å². The molecule has 2 aromatic heterocycles. The Morgan fingerprint density at radius 3 is 1.59 bits per heavy atom. The van der Waals surface area contributed by atoms with Crippen molar-refractivity contribution >= 4 is 50.9 Å². The summed E-state index contributed by atoms with van der Waals surface area (Å²) < 4.78 is 9.85. The van der Waals surface area contributed by atoms with E-state index >= 15 is 0 Å². The number of aryl methyl sites for hydroxylation is 2. The molecule has 0 saturated heterocycles. The molecule has 8 aromatic rings. The second-order valence-corrected chi connectivity index (χ2v) is 13.8. The van der Waals surface area contributed by atoms with E-state index in [9.17, 15) is 0 Å². The van der Waals surface area contributed by atoms with E-state index < -0.39 is 0 Å². The highest BCUT2D eigenvalue weighted by molar-refractivity contribution is 7.00. The molecule has 0 aliphatic heterocycles. The molecule has 5 nitrogen and oxygen atoms in total. The standard InChI is InChI=1S/C43H33N5S/c1-26-27(2)45-40-38(29-21-24-34-33-17-11-12-18-35(33)43(3,4)36(34)25-29)42-41(46-49-47-42)37(39(40)44-26)28-19-22-32(23-20-28)48(30-13-7-5-8-14-30)31-15-9-6-10-16-31/h5-25H,1-4H3. The van der Waals surface area contributed by atoms with E-state index in [0.717, 1.165) is 72.8 Å². The van der Waals surface area contributed by atoms with E-state index in [2.05, 4.69) is 134 Å². The molecule has 0 bridgehead atoms. The van der Waals surface area contributed by atoms with Crippen molar-refractivity contribution in [2.24, 2.45) is 0 Å².